The third-order valence-electron chi connectivity index (χ3n) is 1.72. The van der Waals surface area contributed by atoms with E-state index in [4.69, 9.17) is 11.6 Å². The van der Waals surface area contributed by atoms with Crippen LogP contribution in [0.5, 0.6) is 0 Å². The molecule has 0 aliphatic heterocycles. The van der Waals surface area contributed by atoms with Gasteiger partial charge in [0.15, 0.2) is 5.17 Å². The molecule has 4 heteroatoms. The lowest BCUT2D eigenvalue weighted by atomic mass is 10.4. The van der Waals surface area contributed by atoms with E-state index in [0.29, 0.717) is 10.4 Å². The Balaban J connectivity index is 2.24. The monoisotopic (exact) mass is 159 g/mol. The van der Waals surface area contributed by atoms with Gasteiger partial charge in [0.05, 0.1) is 0 Å². The van der Waals surface area contributed by atoms with Gasteiger partial charge < -0.3 is 11.6 Å². The average Bonchev–Trinajstić information content (AvgIpc) is 2.40. The summed E-state index contributed by atoms with van der Waals surface area (Å²) in [6, 6.07) is 0. The van der Waals surface area contributed by atoms with Crippen LogP contribution in [0.4, 0.5) is 0 Å². The summed E-state index contributed by atoms with van der Waals surface area (Å²) in [5.41, 5.74) is 5.44. The number of hydrogen-bond acceptors (Lipinski definition) is 3. The summed E-state index contributed by atoms with van der Waals surface area (Å²) in [7, 11) is 0. The lowest BCUT2D eigenvalue weighted by Crippen LogP contribution is -2.13. The number of thioether (sulfide) groups is 1. The molecule has 0 aromatic carbocycles. The average molecular weight is 159 g/mol. The molecule has 0 unspecified atom stereocenters. The normalized spacial score (nSPS) is 21.8. The number of hydrazone groups is 1. The molecule has 58 valence electrons. The van der Waals surface area contributed by atoms with Crippen molar-refractivity contribution in [3.05, 3.63) is 0 Å². The highest BCUT2D eigenvalue weighted by molar-refractivity contribution is 8.14. The van der Waals surface area contributed by atoms with Gasteiger partial charge in [0.1, 0.15) is 0 Å². The zero-order chi connectivity index (χ0) is 7.40. The number of amidine groups is 1. The van der Waals surface area contributed by atoms with Gasteiger partial charge in [-0.15, -0.1) is 0 Å². The van der Waals surface area contributed by atoms with E-state index in [0.717, 1.165) is 0 Å². The van der Waals surface area contributed by atoms with Gasteiger partial charge in [0.25, 0.3) is 0 Å². The number of hydrogen-bond donors (Lipinski definition) is 2. The first-order valence-electron chi connectivity index (χ1n) is 3.53. The molecule has 0 aromatic rings. The van der Waals surface area contributed by atoms with Crippen molar-refractivity contribution in [2.45, 2.75) is 30.9 Å². The summed E-state index contributed by atoms with van der Waals surface area (Å²) in [5, 5.41) is 4.60. The summed E-state index contributed by atoms with van der Waals surface area (Å²) in [6.45, 7) is 0. The number of nitrogens with two attached hydrogens (primary N) is 2. The van der Waals surface area contributed by atoms with E-state index < -0.39 is 0 Å². The van der Waals surface area contributed by atoms with Gasteiger partial charge in [-0.2, -0.15) is 5.10 Å². The zero-order valence-electron chi connectivity index (χ0n) is 5.92. The summed E-state index contributed by atoms with van der Waals surface area (Å²) in [4.78, 5) is 0. The molecule has 1 fully saturated rings. The Kier molecular flexibility index (Phi) is 2.86. The smallest absolute Gasteiger partial charge is 0.177 e. The Morgan fingerprint density at radius 2 is 2.00 bits per heavy atom. The van der Waals surface area contributed by atoms with Gasteiger partial charge in [0, 0.05) is 5.25 Å². The van der Waals surface area contributed by atoms with Crippen molar-refractivity contribution in [3.8, 4) is 0 Å². The molecular formula is C6H13N3S. The van der Waals surface area contributed by atoms with Gasteiger partial charge in [0.2, 0.25) is 0 Å². The highest BCUT2D eigenvalue weighted by Crippen LogP contribution is 2.28. The molecule has 1 aliphatic carbocycles. The minimum atomic E-state index is 0.520. The van der Waals surface area contributed by atoms with Crippen molar-refractivity contribution >= 4 is 16.9 Å². The Bertz CT molecular complexity index is 129. The molecule has 0 bridgehead atoms. The lowest BCUT2D eigenvalue weighted by molar-refractivity contribution is 0.886. The van der Waals surface area contributed by atoms with Crippen molar-refractivity contribution < 1.29 is 0 Å². The second kappa shape index (κ2) is 3.71. The van der Waals surface area contributed by atoms with Gasteiger partial charge in [-0.25, -0.2) is 0 Å². The fourth-order valence-electron chi connectivity index (χ4n) is 1.21. The van der Waals surface area contributed by atoms with E-state index in [1.54, 1.807) is 11.8 Å². The van der Waals surface area contributed by atoms with Crippen LogP contribution in [-0.2, 0) is 0 Å². The molecule has 0 radical (unpaired) electrons. The first kappa shape index (κ1) is 7.72. The Morgan fingerprint density at radius 1 is 1.40 bits per heavy atom. The SMILES string of the molecule is N/N=C(\N)SC1CCCC1. The number of nitrogens with zero attached hydrogens (tertiary/aromatic N) is 1. The number of rotatable bonds is 1. The molecular weight excluding hydrogens is 146 g/mol. The molecule has 1 rings (SSSR count). The predicted molar refractivity (Wildman–Crippen MR) is 45.7 cm³/mol. The van der Waals surface area contributed by atoms with Crippen molar-refractivity contribution in [1.29, 1.82) is 0 Å². The summed E-state index contributed by atoms with van der Waals surface area (Å²) < 4.78 is 0. The molecule has 0 atom stereocenters. The predicted octanol–water partition coefficient (Wildman–Crippen LogP) is 0.851. The first-order valence-corrected chi connectivity index (χ1v) is 4.41. The van der Waals surface area contributed by atoms with Crippen LogP contribution in [0.3, 0.4) is 0 Å². The topological polar surface area (TPSA) is 64.4 Å². The lowest BCUT2D eigenvalue weighted by Gasteiger charge is -2.05. The van der Waals surface area contributed by atoms with Crippen molar-refractivity contribution in [2.24, 2.45) is 16.7 Å². The van der Waals surface area contributed by atoms with Crippen LogP contribution in [-0.4, -0.2) is 10.4 Å². The van der Waals surface area contributed by atoms with Gasteiger partial charge in [-0.05, 0) is 12.8 Å². The minimum Gasteiger partial charge on any atom is -0.377 e. The summed E-state index contributed by atoms with van der Waals surface area (Å²) in [5.74, 6) is 4.99. The second-order valence-electron chi connectivity index (χ2n) is 2.49. The highest BCUT2D eigenvalue weighted by Gasteiger charge is 2.16. The van der Waals surface area contributed by atoms with Crippen LogP contribution in [0.25, 0.3) is 0 Å². The van der Waals surface area contributed by atoms with E-state index >= 15 is 0 Å². The van der Waals surface area contributed by atoms with E-state index in [1.165, 1.54) is 25.7 Å². The van der Waals surface area contributed by atoms with Crippen LogP contribution < -0.4 is 11.6 Å². The first-order chi connectivity index (χ1) is 4.83. The Hall–Kier alpha value is -0.380. The summed E-state index contributed by atoms with van der Waals surface area (Å²) >= 11 is 1.61. The minimum absolute atomic E-state index is 0.520. The molecule has 0 amide bonds. The quantitative estimate of drug-likeness (QED) is 0.258. The molecule has 0 saturated heterocycles. The second-order valence-corrected chi connectivity index (χ2v) is 3.81. The molecule has 0 aromatic heterocycles. The maximum Gasteiger partial charge on any atom is 0.177 e. The zero-order valence-corrected chi connectivity index (χ0v) is 6.73. The van der Waals surface area contributed by atoms with Crippen molar-refractivity contribution in [3.63, 3.8) is 0 Å². The van der Waals surface area contributed by atoms with Crippen LogP contribution in [0, 0.1) is 0 Å². The molecule has 1 saturated carbocycles. The Morgan fingerprint density at radius 3 is 2.50 bits per heavy atom. The van der Waals surface area contributed by atoms with Gasteiger partial charge >= 0.3 is 0 Å². The largest absolute Gasteiger partial charge is 0.377 e. The summed E-state index contributed by atoms with van der Waals surface area (Å²) in [6.07, 6.45) is 5.19. The fraction of sp³-hybridized carbons (Fsp3) is 0.833. The molecule has 10 heavy (non-hydrogen) atoms. The van der Waals surface area contributed by atoms with Crippen LogP contribution in [0.15, 0.2) is 5.10 Å². The van der Waals surface area contributed by atoms with E-state index in [1.807, 2.05) is 0 Å². The van der Waals surface area contributed by atoms with Crippen molar-refractivity contribution in [1.82, 2.24) is 0 Å². The van der Waals surface area contributed by atoms with Gasteiger partial charge in [-0.3, -0.25) is 0 Å². The fourth-order valence-corrected chi connectivity index (χ4v) is 2.18. The molecule has 0 spiro atoms. The van der Waals surface area contributed by atoms with Crippen LogP contribution in [0.1, 0.15) is 25.7 Å². The third-order valence-corrected chi connectivity index (χ3v) is 2.87. The maximum atomic E-state index is 5.44. The van der Waals surface area contributed by atoms with Crippen LogP contribution in [0.2, 0.25) is 0 Å². The van der Waals surface area contributed by atoms with Crippen molar-refractivity contribution in [2.75, 3.05) is 0 Å². The molecule has 0 heterocycles. The molecule has 1 aliphatic rings. The van der Waals surface area contributed by atoms with E-state index in [2.05, 4.69) is 5.10 Å². The standard InChI is InChI=1S/C6H13N3S/c7-6(9-8)10-5-3-1-2-4-5/h5H,1-4,8H2,(H2,7,9). The third kappa shape index (κ3) is 2.10. The van der Waals surface area contributed by atoms with E-state index in [-0.39, 0.29) is 0 Å². The Labute approximate surface area is 65.2 Å². The molecule has 4 N–H and O–H groups in total. The van der Waals surface area contributed by atoms with Gasteiger partial charge in [-0.1, -0.05) is 24.6 Å². The maximum absolute atomic E-state index is 5.44. The highest BCUT2D eigenvalue weighted by atomic mass is 32.2. The molecule has 3 nitrogen and oxygen atoms in total. The van der Waals surface area contributed by atoms with Crippen LogP contribution >= 0.6 is 11.8 Å². The van der Waals surface area contributed by atoms with E-state index in [9.17, 15) is 0 Å².